The molecule has 0 saturated carbocycles. The van der Waals surface area contributed by atoms with E-state index in [1.807, 2.05) is 91.0 Å². The Morgan fingerprint density at radius 1 is 1.00 bits per heavy atom. The summed E-state index contributed by atoms with van der Waals surface area (Å²) in [4.78, 5) is 22.4. The van der Waals surface area contributed by atoms with E-state index in [-0.39, 0.29) is 18.9 Å². The summed E-state index contributed by atoms with van der Waals surface area (Å²) in [6, 6.07) is 34.1. The van der Waals surface area contributed by atoms with Crippen LogP contribution < -0.4 is 10.1 Å². The first-order valence-corrected chi connectivity index (χ1v) is 14.9. The van der Waals surface area contributed by atoms with Crippen LogP contribution in [0.4, 0.5) is 5.69 Å². The van der Waals surface area contributed by atoms with Gasteiger partial charge in [-0.1, -0.05) is 102 Å². The van der Waals surface area contributed by atoms with Gasteiger partial charge in [0.1, 0.15) is 5.75 Å². The maximum absolute atomic E-state index is 14.4. The summed E-state index contributed by atoms with van der Waals surface area (Å²) in [7, 11) is 0. The first-order chi connectivity index (χ1) is 22.1. The minimum atomic E-state index is -1.41. The van der Waals surface area contributed by atoms with E-state index in [4.69, 9.17) is 19.6 Å². The number of ether oxygens (including phenoxy) is 2. The fourth-order valence-electron chi connectivity index (χ4n) is 5.20. The van der Waals surface area contributed by atoms with Gasteiger partial charge in [0.05, 0.1) is 6.61 Å². The Kier molecular flexibility index (Phi) is 10.6. The number of azide groups is 1. The lowest BCUT2D eigenvalue weighted by atomic mass is 9.83. The second-order valence-corrected chi connectivity index (χ2v) is 10.5. The van der Waals surface area contributed by atoms with Crippen molar-refractivity contribution in [1.82, 2.24) is 5.32 Å². The van der Waals surface area contributed by atoms with E-state index in [2.05, 4.69) is 15.3 Å². The number of amides is 1. The monoisotopic (exact) mass is 601 g/mol. The molecule has 2 N–H and O–H groups in total. The number of aliphatic imine (C=N–C) groups is 1. The number of aliphatic hydroxyl groups excluding tert-OH is 1. The predicted octanol–water partition coefficient (Wildman–Crippen LogP) is 7.11. The minimum absolute atomic E-state index is 0.0512. The van der Waals surface area contributed by atoms with Crippen LogP contribution in [0.5, 0.6) is 5.75 Å². The van der Waals surface area contributed by atoms with Crippen molar-refractivity contribution < 1.29 is 19.4 Å². The summed E-state index contributed by atoms with van der Waals surface area (Å²) in [6.45, 7) is 0.851. The van der Waals surface area contributed by atoms with Crippen molar-refractivity contribution in [3.63, 3.8) is 0 Å². The van der Waals surface area contributed by atoms with Crippen molar-refractivity contribution in [2.24, 2.45) is 10.1 Å². The Bertz CT molecular complexity index is 1670. The van der Waals surface area contributed by atoms with Crippen LogP contribution in [0.1, 0.15) is 41.2 Å². The predicted molar refractivity (Wildman–Crippen MR) is 175 cm³/mol. The zero-order valence-corrected chi connectivity index (χ0v) is 24.8. The summed E-state index contributed by atoms with van der Waals surface area (Å²) in [6.07, 6.45) is 4.41. The molecule has 0 aliphatic carbocycles. The number of benzene rings is 4. The van der Waals surface area contributed by atoms with E-state index in [0.29, 0.717) is 54.5 Å². The number of aliphatic hydroxyl groups is 1. The SMILES string of the molecule is [N-]=[N+]=Nc1ccccc1[C@H]1OC(c2ccc(OCCCO)cc2)=N[C@@]1(C/C=C/c1ccccc1)C(=O)NCCc1ccccc1. The number of rotatable bonds is 14. The van der Waals surface area contributed by atoms with Crippen LogP contribution in [-0.4, -0.2) is 42.2 Å². The van der Waals surface area contributed by atoms with E-state index in [0.717, 1.165) is 11.1 Å². The zero-order chi connectivity index (χ0) is 31.3. The number of nitrogens with zero attached hydrogens (tertiary/aromatic N) is 4. The number of carbonyl (C=O) groups excluding carboxylic acids is 1. The van der Waals surface area contributed by atoms with Gasteiger partial charge in [-0.05, 0) is 47.3 Å². The van der Waals surface area contributed by atoms with Gasteiger partial charge in [-0.2, -0.15) is 0 Å². The molecule has 228 valence electrons. The first kappa shape index (κ1) is 31.1. The lowest BCUT2D eigenvalue weighted by molar-refractivity contribution is -0.128. The fraction of sp³-hybridized carbons (Fsp3) is 0.222. The van der Waals surface area contributed by atoms with Gasteiger partial charge in [-0.15, -0.1) is 0 Å². The third-order valence-corrected chi connectivity index (χ3v) is 7.48. The van der Waals surface area contributed by atoms with Crippen LogP contribution in [0.15, 0.2) is 125 Å². The van der Waals surface area contributed by atoms with Gasteiger partial charge < -0.3 is 19.9 Å². The summed E-state index contributed by atoms with van der Waals surface area (Å²) in [5, 5.41) is 16.1. The van der Waals surface area contributed by atoms with Crippen molar-refractivity contribution in [2.45, 2.75) is 30.9 Å². The van der Waals surface area contributed by atoms with Gasteiger partial charge in [0.25, 0.3) is 5.91 Å². The molecule has 0 aromatic heterocycles. The number of hydrogen-bond donors (Lipinski definition) is 2. The maximum Gasteiger partial charge on any atom is 0.252 e. The highest BCUT2D eigenvalue weighted by Gasteiger charge is 2.53. The van der Waals surface area contributed by atoms with E-state index < -0.39 is 11.6 Å². The molecule has 2 atom stereocenters. The summed E-state index contributed by atoms with van der Waals surface area (Å²) < 4.78 is 12.3. The van der Waals surface area contributed by atoms with Gasteiger partial charge in [0.2, 0.25) is 5.90 Å². The second kappa shape index (κ2) is 15.4. The van der Waals surface area contributed by atoms with Crippen LogP contribution >= 0.6 is 0 Å². The second-order valence-electron chi connectivity index (χ2n) is 10.5. The molecule has 1 heterocycles. The van der Waals surface area contributed by atoms with Crippen molar-refractivity contribution in [1.29, 1.82) is 0 Å². The number of nitrogens with one attached hydrogen (secondary N) is 1. The summed E-state index contributed by atoms with van der Waals surface area (Å²) >= 11 is 0. The highest BCUT2D eigenvalue weighted by atomic mass is 16.5. The zero-order valence-electron chi connectivity index (χ0n) is 24.8. The molecular formula is C36H35N5O4. The number of hydrogen-bond acceptors (Lipinski definition) is 6. The van der Waals surface area contributed by atoms with Crippen molar-refractivity contribution in [3.05, 3.63) is 148 Å². The topological polar surface area (TPSA) is 129 Å². The molecule has 5 rings (SSSR count). The molecule has 0 saturated heterocycles. The number of carbonyl (C=O) groups is 1. The van der Waals surface area contributed by atoms with Crippen LogP contribution in [0, 0.1) is 0 Å². The molecule has 1 aliphatic heterocycles. The molecule has 9 nitrogen and oxygen atoms in total. The molecule has 0 unspecified atom stereocenters. The third-order valence-electron chi connectivity index (χ3n) is 7.48. The first-order valence-electron chi connectivity index (χ1n) is 14.9. The van der Waals surface area contributed by atoms with Crippen LogP contribution in [0.2, 0.25) is 0 Å². The van der Waals surface area contributed by atoms with E-state index in [9.17, 15) is 10.3 Å². The smallest absolute Gasteiger partial charge is 0.252 e. The molecule has 45 heavy (non-hydrogen) atoms. The average molecular weight is 602 g/mol. The Morgan fingerprint density at radius 3 is 2.44 bits per heavy atom. The lowest BCUT2D eigenvalue weighted by Crippen LogP contribution is -2.48. The molecule has 1 amide bonds. The standard InChI is InChI=1S/C36H35N5O4/c37-41-40-32-17-8-7-16-31(32)33-36(23-9-15-27-11-3-1-4-12-27,35(43)38-24-22-28-13-5-2-6-14-28)39-34(45-33)29-18-20-30(21-19-29)44-26-10-25-42/h1-9,11-21,33,42H,10,22-26H2,(H,38,43)/b15-9+/t33-,36-/m1/s1. The molecule has 4 aromatic rings. The average Bonchev–Trinajstić information content (AvgIpc) is 3.47. The Labute approximate surface area is 262 Å². The Hall–Kier alpha value is -5.37. The minimum Gasteiger partial charge on any atom is -0.494 e. The molecule has 4 aromatic carbocycles. The van der Waals surface area contributed by atoms with Gasteiger partial charge in [0, 0.05) is 47.7 Å². The Balaban J connectivity index is 1.54. The maximum atomic E-state index is 14.4. The van der Waals surface area contributed by atoms with Gasteiger partial charge >= 0.3 is 0 Å². The van der Waals surface area contributed by atoms with Gasteiger partial charge in [-0.3, -0.25) is 4.79 Å². The van der Waals surface area contributed by atoms with Crippen LogP contribution in [0.25, 0.3) is 16.5 Å². The Morgan fingerprint density at radius 2 is 1.71 bits per heavy atom. The van der Waals surface area contributed by atoms with Crippen LogP contribution in [0.3, 0.4) is 0 Å². The quantitative estimate of drug-likeness (QED) is 0.0691. The van der Waals surface area contributed by atoms with Gasteiger partial charge in [-0.25, -0.2) is 4.99 Å². The third kappa shape index (κ3) is 7.78. The molecule has 1 aliphatic rings. The van der Waals surface area contributed by atoms with Crippen molar-refractivity contribution >= 4 is 23.6 Å². The van der Waals surface area contributed by atoms with E-state index in [1.54, 1.807) is 30.3 Å². The highest BCUT2D eigenvalue weighted by Crippen LogP contribution is 2.45. The molecule has 0 bridgehead atoms. The van der Waals surface area contributed by atoms with Gasteiger partial charge in [0.15, 0.2) is 11.6 Å². The molecule has 9 heteroatoms. The van der Waals surface area contributed by atoms with E-state index in [1.165, 1.54) is 0 Å². The highest BCUT2D eigenvalue weighted by molar-refractivity contribution is 6.01. The normalized spacial score (nSPS) is 17.3. The summed E-state index contributed by atoms with van der Waals surface area (Å²) in [5.74, 6) is 0.645. The van der Waals surface area contributed by atoms with Crippen LogP contribution in [-0.2, 0) is 16.0 Å². The van der Waals surface area contributed by atoms with Crippen molar-refractivity contribution in [2.75, 3.05) is 19.8 Å². The fourth-order valence-corrected chi connectivity index (χ4v) is 5.20. The molecule has 0 fully saturated rings. The lowest BCUT2D eigenvalue weighted by Gasteiger charge is -2.30. The molecule has 0 radical (unpaired) electrons. The van der Waals surface area contributed by atoms with Crippen molar-refractivity contribution in [3.8, 4) is 5.75 Å². The summed E-state index contributed by atoms with van der Waals surface area (Å²) in [5.41, 5.74) is 11.6. The van der Waals surface area contributed by atoms with E-state index >= 15 is 0 Å². The largest absolute Gasteiger partial charge is 0.494 e. The molecular weight excluding hydrogens is 566 g/mol. The molecule has 0 spiro atoms.